The van der Waals surface area contributed by atoms with E-state index >= 15 is 0 Å². The molecule has 1 N–H and O–H groups in total. The number of nitrogens with zero attached hydrogens (tertiary/aromatic N) is 2. The lowest BCUT2D eigenvalue weighted by molar-refractivity contribution is 0.0954. The van der Waals surface area contributed by atoms with E-state index in [1.807, 2.05) is 0 Å². The van der Waals surface area contributed by atoms with Gasteiger partial charge < -0.3 is 9.47 Å². The first-order valence-electron chi connectivity index (χ1n) is 5.96. The summed E-state index contributed by atoms with van der Waals surface area (Å²) in [5.41, 5.74) is 3.76. The summed E-state index contributed by atoms with van der Waals surface area (Å²) in [4.78, 5) is 15.8. The van der Waals surface area contributed by atoms with Gasteiger partial charge in [0.15, 0.2) is 11.5 Å². The lowest BCUT2D eigenvalue weighted by atomic mass is 10.2. The summed E-state index contributed by atoms with van der Waals surface area (Å²) in [6.45, 7) is 0.181. The molecular formula is C14H11N3O3. The number of carbonyl (C=O) groups excluding carboxylic acids is 1. The van der Waals surface area contributed by atoms with Crippen molar-refractivity contribution in [2.45, 2.75) is 0 Å². The molecule has 20 heavy (non-hydrogen) atoms. The number of pyridine rings is 1. The van der Waals surface area contributed by atoms with Crippen LogP contribution in [0.1, 0.15) is 15.9 Å². The zero-order chi connectivity index (χ0) is 13.8. The van der Waals surface area contributed by atoms with Gasteiger partial charge in [0.25, 0.3) is 5.91 Å². The second kappa shape index (κ2) is 5.40. The van der Waals surface area contributed by atoms with Crippen molar-refractivity contribution in [2.24, 2.45) is 5.10 Å². The maximum atomic E-state index is 11.9. The Morgan fingerprint density at radius 2 is 2.00 bits per heavy atom. The normalized spacial score (nSPS) is 12.6. The number of hydrogen-bond acceptors (Lipinski definition) is 5. The molecule has 1 amide bonds. The average Bonchev–Trinajstić information content (AvgIpc) is 2.95. The van der Waals surface area contributed by atoms with Crippen LogP contribution in [0.5, 0.6) is 11.5 Å². The molecule has 3 rings (SSSR count). The number of hydrazone groups is 1. The van der Waals surface area contributed by atoms with Crippen molar-refractivity contribution >= 4 is 12.1 Å². The molecule has 1 aliphatic rings. The number of aromatic nitrogens is 1. The highest BCUT2D eigenvalue weighted by atomic mass is 16.7. The second-order valence-electron chi connectivity index (χ2n) is 4.05. The highest BCUT2D eigenvalue weighted by Gasteiger charge is 2.15. The third-order valence-corrected chi connectivity index (χ3v) is 2.72. The molecule has 0 fully saturated rings. The predicted molar refractivity (Wildman–Crippen MR) is 71.9 cm³/mol. The molecule has 6 heteroatoms. The molecule has 0 spiro atoms. The van der Waals surface area contributed by atoms with E-state index in [0.717, 1.165) is 5.56 Å². The molecule has 1 aliphatic heterocycles. The summed E-state index contributed by atoms with van der Waals surface area (Å²) in [7, 11) is 0. The van der Waals surface area contributed by atoms with Crippen LogP contribution in [0, 0.1) is 0 Å². The van der Waals surface area contributed by atoms with E-state index in [1.54, 1.807) is 48.9 Å². The molecule has 2 aromatic rings. The smallest absolute Gasteiger partial charge is 0.271 e. The van der Waals surface area contributed by atoms with Crippen molar-refractivity contribution in [1.29, 1.82) is 0 Å². The third-order valence-electron chi connectivity index (χ3n) is 2.72. The van der Waals surface area contributed by atoms with Crippen molar-refractivity contribution in [3.8, 4) is 11.5 Å². The van der Waals surface area contributed by atoms with Crippen molar-refractivity contribution in [2.75, 3.05) is 6.79 Å². The quantitative estimate of drug-likeness (QED) is 0.678. The van der Waals surface area contributed by atoms with Crippen LogP contribution in [0.4, 0.5) is 0 Å². The number of nitrogens with one attached hydrogen (secondary N) is 1. The fourth-order valence-corrected chi connectivity index (χ4v) is 1.72. The molecular weight excluding hydrogens is 258 g/mol. The standard InChI is InChI=1S/C14H11N3O3/c18-14(17-16-8-10-3-5-15-6-4-10)11-1-2-12-13(7-11)20-9-19-12/h1-8H,9H2,(H,17,18)/b16-8-. The zero-order valence-corrected chi connectivity index (χ0v) is 10.4. The fraction of sp³-hybridized carbons (Fsp3) is 0.0714. The van der Waals surface area contributed by atoms with Gasteiger partial charge in [0.1, 0.15) is 0 Å². The van der Waals surface area contributed by atoms with Crippen LogP contribution < -0.4 is 14.9 Å². The van der Waals surface area contributed by atoms with Gasteiger partial charge in [-0.1, -0.05) is 0 Å². The van der Waals surface area contributed by atoms with Crippen molar-refractivity contribution in [1.82, 2.24) is 10.4 Å². The highest BCUT2D eigenvalue weighted by molar-refractivity contribution is 5.95. The average molecular weight is 269 g/mol. The van der Waals surface area contributed by atoms with Gasteiger partial charge in [0.2, 0.25) is 6.79 Å². The molecule has 0 bridgehead atoms. The molecule has 1 aromatic heterocycles. The van der Waals surface area contributed by atoms with Gasteiger partial charge in [-0.2, -0.15) is 5.10 Å². The SMILES string of the molecule is O=C(N/N=C\c1ccncc1)c1ccc2c(c1)OCO2. The Bertz CT molecular complexity index is 656. The molecule has 6 nitrogen and oxygen atoms in total. The highest BCUT2D eigenvalue weighted by Crippen LogP contribution is 2.32. The van der Waals surface area contributed by atoms with Gasteiger partial charge in [0.05, 0.1) is 6.21 Å². The van der Waals surface area contributed by atoms with E-state index in [9.17, 15) is 4.79 Å². The Kier molecular flexibility index (Phi) is 3.28. The fourth-order valence-electron chi connectivity index (χ4n) is 1.72. The molecule has 0 aliphatic carbocycles. The maximum Gasteiger partial charge on any atom is 0.271 e. The number of amides is 1. The third kappa shape index (κ3) is 2.59. The summed E-state index contributed by atoms with van der Waals surface area (Å²) in [5.74, 6) is 0.895. The summed E-state index contributed by atoms with van der Waals surface area (Å²) < 4.78 is 10.4. The molecule has 0 saturated heterocycles. The first-order chi connectivity index (χ1) is 9.83. The summed E-state index contributed by atoms with van der Waals surface area (Å²) in [6, 6.07) is 8.56. The Labute approximate surface area is 115 Å². The summed E-state index contributed by atoms with van der Waals surface area (Å²) in [5, 5.41) is 3.89. The van der Waals surface area contributed by atoms with E-state index in [-0.39, 0.29) is 12.7 Å². The van der Waals surface area contributed by atoms with Crippen LogP contribution in [0.15, 0.2) is 47.8 Å². The van der Waals surface area contributed by atoms with Gasteiger partial charge in [-0.15, -0.1) is 0 Å². The molecule has 0 atom stereocenters. The van der Waals surface area contributed by atoms with Crippen LogP contribution in [0.25, 0.3) is 0 Å². The van der Waals surface area contributed by atoms with Crippen LogP contribution in [-0.4, -0.2) is 23.9 Å². The Morgan fingerprint density at radius 3 is 2.85 bits per heavy atom. The zero-order valence-electron chi connectivity index (χ0n) is 10.4. The lowest BCUT2D eigenvalue weighted by Crippen LogP contribution is -2.17. The minimum absolute atomic E-state index is 0.181. The predicted octanol–water partition coefficient (Wildman–Crippen LogP) is 1.57. The topological polar surface area (TPSA) is 72.8 Å². The summed E-state index contributed by atoms with van der Waals surface area (Å²) in [6.07, 6.45) is 4.86. The first-order valence-corrected chi connectivity index (χ1v) is 5.96. The van der Waals surface area contributed by atoms with Crippen molar-refractivity contribution in [3.63, 3.8) is 0 Å². The van der Waals surface area contributed by atoms with Gasteiger partial charge in [-0.3, -0.25) is 9.78 Å². The van der Waals surface area contributed by atoms with Crippen LogP contribution in [-0.2, 0) is 0 Å². The summed E-state index contributed by atoms with van der Waals surface area (Å²) >= 11 is 0. The van der Waals surface area contributed by atoms with Gasteiger partial charge >= 0.3 is 0 Å². The van der Waals surface area contributed by atoms with E-state index < -0.39 is 0 Å². The van der Waals surface area contributed by atoms with E-state index in [4.69, 9.17) is 9.47 Å². The van der Waals surface area contributed by atoms with Crippen LogP contribution in [0.3, 0.4) is 0 Å². The van der Waals surface area contributed by atoms with Crippen LogP contribution >= 0.6 is 0 Å². The monoisotopic (exact) mass is 269 g/mol. The van der Waals surface area contributed by atoms with Gasteiger partial charge in [-0.05, 0) is 35.9 Å². The van der Waals surface area contributed by atoms with E-state index in [1.165, 1.54) is 0 Å². The molecule has 0 unspecified atom stereocenters. The maximum absolute atomic E-state index is 11.9. The van der Waals surface area contributed by atoms with Gasteiger partial charge in [0, 0.05) is 18.0 Å². The minimum Gasteiger partial charge on any atom is -0.454 e. The van der Waals surface area contributed by atoms with Crippen molar-refractivity contribution < 1.29 is 14.3 Å². The Hall–Kier alpha value is -2.89. The van der Waals surface area contributed by atoms with E-state index in [2.05, 4.69) is 15.5 Å². The van der Waals surface area contributed by atoms with Crippen LogP contribution in [0.2, 0.25) is 0 Å². The number of rotatable bonds is 3. The number of benzene rings is 1. The molecule has 0 radical (unpaired) electrons. The minimum atomic E-state index is -0.311. The Balaban J connectivity index is 1.66. The number of hydrogen-bond donors (Lipinski definition) is 1. The molecule has 100 valence electrons. The lowest BCUT2D eigenvalue weighted by Gasteiger charge is -2.01. The van der Waals surface area contributed by atoms with Gasteiger partial charge in [-0.25, -0.2) is 5.43 Å². The molecule has 1 aromatic carbocycles. The van der Waals surface area contributed by atoms with Crippen molar-refractivity contribution in [3.05, 3.63) is 53.9 Å². The first kappa shape index (κ1) is 12.2. The number of carbonyl (C=O) groups is 1. The molecule has 2 heterocycles. The second-order valence-corrected chi connectivity index (χ2v) is 4.05. The Morgan fingerprint density at radius 1 is 1.20 bits per heavy atom. The number of ether oxygens (including phenoxy) is 2. The van der Waals surface area contributed by atoms with E-state index in [0.29, 0.717) is 17.1 Å². The largest absolute Gasteiger partial charge is 0.454 e. The number of fused-ring (bicyclic) bond motifs is 1. The molecule has 0 saturated carbocycles.